The van der Waals surface area contributed by atoms with Gasteiger partial charge in [-0.25, -0.2) is 0 Å². The van der Waals surface area contributed by atoms with Crippen molar-refractivity contribution in [3.05, 3.63) is 34.9 Å². The van der Waals surface area contributed by atoms with E-state index in [2.05, 4.69) is 17.6 Å². The van der Waals surface area contributed by atoms with E-state index in [1.54, 1.807) is 24.3 Å². The maximum atomic E-state index is 11.8. The molecular formula is C15H21ClN2O2. The smallest absolute Gasteiger partial charge is 0.252 e. The third-order valence-electron chi connectivity index (χ3n) is 2.86. The van der Waals surface area contributed by atoms with Crippen LogP contribution in [0.1, 0.15) is 43.0 Å². The monoisotopic (exact) mass is 296 g/mol. The molecule has 0 unspecified atom stereocenters. The summed E-state index contributed by atoms with van der Waals surface area (Å²) in [6, 6.07) is 6.84. The first-order valence-corrected chi connectivity index (χ1v) is 7.32. The maximum Gasteiger partial charge on any atom is 0.252 e. The van der Waals surface area contributed by atoms with Crippen LogP contribution in [0.3, 0.4) is 0 Å². The lowest BCUT2D eigenvalue weighted by Crippen LogP contribution is -2.31. The Labute approximate surface area is 124 Å². The molecule has 2 amide bonds. The van der Waals surface area contributed by atoms with Gasteiger partial charge in [-0.1, -0.05) is 43.5 Å². The predicted octanol–water partition coefficient (Wildman–Crippen LogP) is 2.77. The molecule has 1 aromatic carbocycles. The van der Waals surface area contributed by atoms with Gasteiger partial charge in [-0.2, -0.15) is 0 Å². The molecule has 110 valence electrons. The predicted molar refractivity (Wildman–Crippen MR) is 80.9 cm³/mol. The molecule has 0 aromatic heterocycles. The molecule has 1 aromatic rings. The molecule has 0 spiro atoms. The molecule has 0 heterocycles. The lowest BCUT2D eigenvalue weighted by molar-refractivity contribution is -0.120. The van der Waals surface area contributed by atoms with Crippen molar-refractivity contribution in [2.45, 2.75) is 32.6 Å². The molecular weight excluding hydrogens is 276 g/mol. The van der Waals surface area contributed by atoms with E-state index < -0.39 is 0 Å². The normalized spacial score (nSPS) is 10.1. The first kappa shape index (κ1) is 16.5. The van der Waals surface area contributed by atoms with Gasteiger partial charge in [-0.3, -0.25) is 9.59 Å². The average molecular weight is 297 g/mol. The molecule has 5 heteroatoms. The van der Waals surface area contributed by atoms with Crippen molar-refractivity contribution in [3.63, 3.8) is 0 Å². The van der Waals surface area contributed by atoms with Crippen molar-refractivity contribution >= 4 is 23.4 Å². The zero-order valence-electron chi connectivity index (χ0n) is 11.7. The lowest BCUT2D eigenvalue weighted by atomic mass is 10.2. The van der Waals surface area contributed by atoms with Crippen molar-refractivity contribution in [1.29, 1.82) is 0 Å². The molecule has 0 aliphatic heterocycles. The maximum absolute atomic E-state index is 11.8. The van der Waals surface area contributed by atoms with E-state index in [1.165, 1.54) is 0 Å². The summed E-state index contributed by atoms with van der Waals surface area (Å²) in [7, 11) is 0. The molecule has 0 fully saturated rings. The van der Waals surface area contributed by atoms with Gasteiger partial charge in [0, 0.05) is 19.5 Å². The van der Waals surface area contributed by atoms with E-state index in [4.69, 9.17) is 11.6 Å². The topological polar surface area (TPSA) is 58.2 Å². The highest BCUT2D eigenvalue weighted by molar-refractivity contribution is 6.33. The van der Waals surface area contributed by atoms with E-state index in [0.717, 1.165) is 19.3 Å². The number of amides is 2. The summed E-state index contributed by atoms with van der Waals surface area (Å²) >= 11 is 5.92. The summed E-state index contributed by atoms with van der Waals surface area (Å²) in [4.78, 5) is 23.3. The second-order valence-electron chi connectivity index (χ2n) is 4.54. The van der Waals surface area contributed by atoms with Crippen LogP contribution in [0.2, 0.25) is 5.02 Å². The van der Waals surface area contributed by atoms with Gasteiger partial charge in [-0.15, -0.1) is 0 Å². The van der Waals surface area contributed by atoms with Gasteiger partial charge in [0.25, 0.3) is 5.91 Å². The van der Waals surface area contributed by atoms with Gasteiger partial charge in [0.05, 0.1) is 10.6 Å². The van der Waals surface area contributed by atoms with Crippen LogP contribution in [-0.4, -0.2) is 24.9 Å². The Morgan fingerprint density at radius 1 is 1.10 bits per heavy atom. The largest absolute Gasteiger partial charge is 0.356 e. The number of hydrogen-bond acceptors (Lipinski definition) is 2. The van der Waals surface area contributed by atoms with Crippen molar-refractivity contribution < 1.29 is 9.59 Å². The van der Waals surface area contributed by atoms with Crippen LogP contribution in [-0.2, 0) is 4.79 Å². The number of carbonyl (C=O) groups is 2. The zero-order valence-corrected chi connectivity index (χ0v) is 12.5. The van der Waals surface area contributed by atoms with Gasteiger partial charge in [0.2, 0.25) is 5.91 Å². The second kappa shape index (κ2) is 9.37. The van der Waals surface area contributed by atoms with Gasteiger partial charge < -0.3 is 10.6 Å². The Bertz CT molecular complexity index is 449. The summed E-state index contributed by atoms with van der Waals surface area (Å²) < 4.78 is 0. The minimum absolute atomic E-state index is 0.0411. The van der Waals surface area contributed by atoms with Crippen molar-refractivity contribution in [1.82, 2.24) is 10.6 Å². The molecule has 0 radical (unpaired) electrons. The van der Waals surface area contributed by atoms with Crippen LogP contribution in [0.4, 0.5) is 0 Å². The van der Waals surface area contributed by atoms with Crippen LogP contribution in [0.15, 0.2) is 24.3 Å². The Morgan fingerprint density at radius 2 is 1.85 bits per heavy atom. The molecule has 20 heavy (non-hydrogen) atoms. The highest BCUT2D eigenvalue weighted by atomic mass is 35.5. The molecule has 4 nitrogen and oxygen atoms in total. The standard InChI is InChI=1S/C15H21ClN2O2/c1-2-3-6-10-17-14(19)9-11-18-15(20)12-7-4-5-8-13(12)16/h4-5,7-8H,2-3,6,9-11H2,1H3,(H,17,19)(H,18,20). The number of carbonyl (C=O) groups excluding carboxylic acids is 2. The summed E-state index contributed by atoms with van der Waals surface area (Å²) in [6.07, 6.45) is 3.52. The van der Waals surface area contributed by atoms with E-state index in [-0.39, 0.29) is 18.2 Å². The van der Waals surface area contributed by atoms with E-state index in [9.17, 15) is 9.59 Å². The average Bonchev–Trinajstić information content (AvgIpc) is 2.44. The fourth-order valence-corrected chi connectivity index (χ4v) is 1.94. The highest BCUT2D eigenvalue weighted by Gasteiger charge is 2.09. The Hall–Kier alpha value is -1.55. The van der Waals surface area contributed by atoms with Gasteiger partial charge in [0.1, 0.15) is 0 Å². The number of halogens is 1. The quantitative estimate of drug-likeness (QED) is 0.725. The van der Waals surface area contributed by atoms with E-state index in [0.29, 0.717) is 23.7 Å². The van der Waals surface area contributed by atoms with Crippen LogP contribution < -0.4 is 10.6 Å². The lowest BCUT2D eigenvalue weighted by Gasteiger charge is -2.07. The Morgan fingerprint density at radius 3 is 2.55 bits per heavy atom. The first-order chi connectivity index (χ1) is 9.65. The van der Waals surface area contributed by atoms with Crippen LogP contribution in [0.5, 0.6) is 0 Å². The summed E-state index contributed by atoms with van der Waals surface area (Å²) in [5.41, 5.74) is 0.428. The van der Waals surface area contributed by atoms with Crippen LogP contribution in [0, 0.1) is 0 Å². The molecule has 1 rings (SSSR count). The molecule has 0 saturated heterocycles. The molecule has 0 saturated carbocycles. The zero-order chi connectivity index (χ0) is 14.8. The molecule has 0 atom stereocenters. The fraction of sp³-hybridized carbons (Fsp3) is 0.467. The molecule has 0 aliphatic carbocycles. The Balaban J connectivity index is 2.22. The van der Waals surface area contributed by atoms with Crippen molar-refractivity contribution in [3.8, 4) is 0 Å². The SMILES string of the molecule is CCCCCNC(=O)CCNC(=O)c1ccccc1Cl. The first-order valence-electron chi connectivity index (χ1n) is 6.94. The van der Waals surface area contributed by atoms with Crippen molar-refractivity contribution in [2.24, 2.45) is 0 Å². The Kier molecular flexibility index (Phi) is 7.73. The van der Waals surface area contributed by atoms with Crippen LogP contribution in [0.25, 0.3) is 0 Å². The highest BCUT2D eigenvalue weighted by Crippen LogP contribution is 2.14. The number of nitrogens with one attached hydrogen (secondary N) is 2. The summed E-state index contributed by atoms with van der Waals surface area (Å²) in [5, 5.41) is 5.93. The number of benzene rings is 1. The molecule has 0 aliphatic rings. The number of unbranched alkanes of at least 4 members (excludes halogenated alkanes) is 2. The van der Waals surface area contributed by atoms with Crippen LogP contribution >= 0.6 is 11.6 Å². The van der Waals surface area contributed by atoms with E-state index in [1.807, 2.05) is 0 Å². The fourth-order valence-electron chi connectivity index (χ4n) is 1.72. The number of rotatable bonds is 8. The van der Waals surface area contributed by atoms with Crippen molar-refractivity contribution in [2.75, 3.05) is 13.1 Å². The van der Waals surface area contributed by atoms with Gasteiger partial charge in [0.15, 0.2) is 0 Å². The second-order valence-corrected chi connectivity index (χ2v) is 4.95. The minimum Gasteiger partial charge on any atom is -0.356 e. The third-order valence-corrected chi connectivity index (χ3v) is 3.19. The van der Waals surface area contributed by atoms with Gasteiger partial charge >= 0.3 is 0 Å². The number of hydrogen-bond donors (Lipinski definition) is 2. The minimum atomic E-state index is -0.255. The van der Waals surface area contributed by atoms with E-state index >= 15 is 0 Å². The summed E-state index contributed by atoms with van der Waals surface area (Å²) in [6.45, 7) is 3.13. The van der Waals surface area contributed by atoms with Gasteiger partial charge in [-0.05, 0) is 18.6 Å². The third kappa shape index (κ3) is 6.06. The molecule has 0 bridgehead atoms. The summed E-state index contributed by atoms with van der Waals surface area (Å²) in [5.74, 6) is -0.296. The molecule has 2 N–H and O–H groups in total.